The van der Waals surface area contributed by atoms with E-state index < -0.39 is 17.5 Å². The Hall–Kier alpha value is -2.61. The van der Waals surface area contributed by atoms with Gasteiger partial charge in [-0.1, -0.05) is 0 Å². The standard InChI is InChI=1S/C18H18F3N3O2/c1-10-5-12(18(19,20)21)6-14(25)15(10)13-4-3-11(16(22)24-13)7-23-17(2)8-26-9-17/h3-7,25H,8-9H2,1-2H3,(H2,22,24). The van der Waals surface area contributed by atoms with E-state index in [9.17, 15) is 18.3 Å². The number of aliphatic imine (C=N–C) groups is 1. The highest BCUT2D eigenvalue weighted by Crippen LogP contribution is 2.38. The Labute approximate surface area is 148 Å². The van der Waals surface area contributed by atoms with E-state index in [4.69, 9.17) is 10.5 Å². The zero-order chi connectivity index (χ0) is 19.1. The molecule has 0 saturated carbocycles. The van der Waals surface area contributed by atoms with Gasteiger partial charge in [-0.2, -0.15) is 13.2 Å². The zero-order valence-electron chi connectivity index (χ0n) is 14.3. The summed E-state index contributed by atoms with van der Waals surface area (Å²) in [5.74, 6) is -0.321. The van der Waals surface area contributed by atoms with Gasteiger partial charge in [0.25, 0.3) is 0 Å². The summed E-state index contributed by atoms with van der Waals surface area (Å²) in [5, 5.41) is 10.1. The van der Waals surface area contributed by atoms with Crippen molar-refractivity contribution >= 4 is 12.0 Å². The van der Waals surface area contributed by atoms with E-state index in [1.165, 1.54) is 6.92 Å². The molecule has 1 aliphatic heterocycles. The molecule has 2 aromatic rings. The topological polar surface area (TPSA) is 80.7 Å². The summed E-state index contributed by atoms with van der Waals surface area (Å²) in [6.07, 6.45) is -2.93. The molecule has 0 amide bonds. The number of nitrogens with two attached hydrogens (primary N) is 1. The number of nitrogens with zero attached hydrogens (tertiary/aromatic N) is 2. The highest BCUT2D eigenvalue weighted by molar-refractivity contribution is 5.87. The molecule has 0 radical (unpaired) electrons. The Morgan fingerprint density at radius 2 is 2.00 bits per heavy atom. The molecule has 5 nitrogen and oxygen atoms in total. The van der Waals surface area contributed by atoms with Crippen molar-refractivity contribution in [3.8, 4) is 17.0 Å². The monoisotopic (exact) mass is 365 g/mol. The molecule has 0 bridgehead atoms. The first-order valence-electron chi connectivity index (χ1n) is 7.90. The second-order valence-corrected chi connectivity index (χ2v) is 6.60. The second kappa shape index (κ2) is 6.28. The maximum atomic E-state index is 12.8. The molecule has 3 N–H and O–H groups in total. The SMILES string of the molecule is Cc1cc(C(F)(F)F)cc(O)c1-c1ccc(C=NC2(C)COC2)c(N)n1. The van der Waals surface area contributed by atoms with E-state index in [0.29, 0.717) is 30.5 Å². The molecule has 1 fully saturated rings. The predicted octanol–water partition coefficient (Wildman–Crippen LogP) is 3.57. The third kappa shape index (κ3) is 3.50. The van der Waals surface area contributed by atoms with Gasteiger partial charge in [-0.15, -0.1) is 0 Å². The average molecular weight is 365 g/mol. The van der Waals surface area contributed by atoms with E-state index in [1.54, 1.807) is 18.3 Å². The fraction of sp³-hybridized carbons (Fsp3) is 0.333. The Bertz CT molecular complexity index is 851. The van der Waals surface area contributed by atoms with Crippen LogP contribution in [0, 0.1) is 6.92 Å². The summed E-state index contributed by atoms with van der Waals surface area (Å²) in [6, 6.07) is 4.92. The van der Waals surface area contributed by atoms with Crippen molar-refractivity contribution in [2.45, 2.75) is 25.6 Å². The molecule has 1 aromatic heterocycles. The summed E-state index contributed by atoms with van der Waals surface area (Å²) in [7, 11) is 0. The Balaban J connectivity index is 1.94. The van der Waals surface area contributed by atoms with Crippen LogP contribution in [-0.2, 0) is 10.9 Å². The van der Waals surface area contributed by atoms with Gasteiger partial charge in [0, 0.05) is 17.3 Å². The van der Waals surface area contributed by atoms with Gasteiger partial charge in [-0.3, -0.25) is 4.99 Å². The molecule has 138 valence electrons. The van der Waals surface area contributed by atoms with Crippen molar-refractivity contribution < 1.29 is 23.0 Å². The number of aromatic hydroxyl groups is 1. The molecule has 1 aromatic carbocycles. The third-order valence-corrected chi connectivity index (χ3v) is 4.20. The summed E-state index contributed by atoms with van der Waals surface area (Å²) >= 11 is 0. The third-order valence-electron chi connectivity index (χ3n) is 4.20. The maximum Gasteiger partial charge on any atom is 0.416 e. The first-order chi connectivity index (χ1) is 12.1. The first kappa shape index (κ1) is 18.2. The number of phenols is 1. The molecule has 8 heteroatoms. The van der Waals surface area contributed by atoms with E-state index in [-0.39, 0.29) is 22.5 Å². The number of pyridine rings is 1. The van der Waals surface area contributed by atoms with Gasteiger partial charge in [-0.25, -0.2) is 4.98 Å². The van der Waals surface area contributed by atoms with Gasteiger partial charge >= 0.3 is 6.18 Å². The first-order valence-corrected chi connectivity index (χ1v) is 7.90. The Morgan fingerprint density at radius 3 is 2.50 bits per heavy atom. The van der Waals surface area contributed by atoms with Crippen molar-refractivity contribution in [3.63, 3.8) is 0 Å². The van der Waals surface area contributed by atoms with Gasteiger partial charge in [0.1, 0.15) is 17.1 Å². The summed E-state index contributed by atoms with van der Waals surface area (Å²) in [4.78, 5) is 8.64. The lowest BCUT2D eigenvalue weighted by Gasteiger charge is -2.33. The average Bonchev–Trinajstić information content (AvgIpc) is 2.50. The number of hydrogen-bond acceptors (Lipinski definition) is 5. The number of nitrogen functional groups attached to an aromatic ring is 1. The van der Waals surface area contributed by atoms with Crippen LogP contribution in [0.3, 0.4) is 0 Å². The molecule has 1 aliphatic rings. The highest BCUT2D eigenvalue weighted by Gasteiger charge is 2.33. The highest BCUT2D eigenvalue weighted by atomic mass is 19.4. The van der Waals surface area contributed by atoms with E-state index >= 15 is 0 Å². The molecule has 0 atom stereocenters. The number of aromatic nitrogens is 1. The number of anilines is 1. The van der Waals surface area contributed by atoms with Crippen molar-refractivity contribution in [1.82, 2.24) is 4.98 Å². The van der Waals surface area contributed by atoms with E-state index in [0.717, 1.165) is 6.07 Å². The smallest absolute Gasteiger partial charge is 0.416 e. The van der Waals surface area contributed by atoms with Crippen molar-refractivity contribution in [2.75, 3.05) is 18.9 Å². The number of alkyl halides is 3. The van der Waals surface area contributed by atoms with Crippen LogP contribution in [-0.4, -0.2) is 35.1 Å². The number of benzene rings is 1. The number of ether oxygens (including phenoxy) is 1. The molecular formula is C18H18F3N3O2. The lowest BCUT2D eigenvalue weighted by molar-refractivity contribution is -0.137. The second-order valence-electron chi connectivity index (χ2n) is 6.60. The molecule has 1 saturated heterocycles. The normalized spacial score (nSPS) is 16.7. The van der Waals surface area contributed by atoms with Gasteiger partial charge < -0.3 is 15.6 Å². The summed E-state index contributed by atoms with van der Waals surface area (Å²) in [5.41, 5.74) is 6.12. The number of halogens is 3. The molecule has 26 heavy (non-hydrogen) atoms. The van der Waals surface area contributed by atoms with Crippen molar-refractivity contribution in [1.29, 1.82) is 0 Å². The fourth-order valence-corrected chi connectivity index (χ4v) is 2.70. The van der Waals surface area contributed by atoms with Crippen molar-refractivity contribution in [2.24, 2.45) is 4.99 Å². The zero-order valence-corrected chi connectivity index (χ0v) is 14.3. The van der Waals surface area contributed by atoms with E-state index in [2.05, 4.69) is 9.98 Å². The minimum absolute atomic E-state index is 0.175. The molecule has 0 spiro atoms. The predicted molar refractivity (Wildman–Crippen MR) is 92.3 cm³/mol. The van der Waals surface area contributed by atoms with Gasteiger partial charge in [0.15, 0.2) is 0 Å². The number of hydrogen-bond donors (Lipinski definition) is 2. The molecule has 3 rings (SSSR count). The van der Waals surface area contributed by atoms with Gasteiger partial charge in [0.2, 0.25) is 0 Å². The fourth-order valence-electron chi connectivity index (χ4n) is 2.70. The summed E-state index contributed by atoms with van der Waals surface area (Å²) < 4.78 is 43.7. The molecule has 0 unspecified atom stereocenters. The quantitative estimate of drug-likeness (QED) is 0.815. The van der Waals surface area contributed by atoms with Crippen LogP contribution in [0.5, 0.6) is 5.75 Å². The molecule has 2 heterocycles. The number of aryl methyl sites for hydroxylation is 1. The summed E-state index contributed by atoms with van der Waals surface area (Å²) in [6.45, 7) is 4.50. The van der Waals surface area contributed by atoms with Crippen LogP contribution >= 0.6 is 0 Å². The Kier molecular flexibility index (Phi) is 4.39. The largest absolute Gasteiger partial charge is 0.507 e. The van der Waals surface area contributed by atoms with Crippen LogP contribution < -0.4 is 5.73 Å². The lowest BCUT2D eigenvalue weighted by atomic mass is 9.99. The van der Waals surface area contributed by atoms with Gasteiger partial charge in [0.05, 0.1) is 24.5 Å². The number of rotatable bonds is 3. The lowest BCUT2D eigenvalue weighted by Crippen LogP contribution is -2.45. The van der Waals surface area contributed by atoms with Crippen molar-refractivity contribution in [3.05, 3.63) is 41.0 Å². The molecular weight excluding hydrogens is 347 g/mol. The van der Waals surface area contributed by atoms with Crippen LogP contribution in [0.15, 0.2) is 29.3 Å². The van der Waals surface area contributed by atoms with E-state index in [1.807, 2.05) is 6.92 Å². The number of phenolic OH excluding ortho intramolecular Hbond substituents is 1. The van der Waals surface area contributed by atoms with Crippen LogP contribution in [0.4, 0.5) is 19.0 Å². The van der Waals surface area contributed by atoms with Crippen LogP contribution in [0.1, 0.15) is 23.6 Å². The Morgan fingerprint density at radius 1 is 1.31 bits per heavy atom. The minimum atomic E-state index is -4.53. The van der Waals surface area contributed by atoms with Crippen LogP contribution in [0.25, 0.3) is 11.3 Å². The molecule has 0 aliphatic carbocycles. The van der Waals surface area contributed by atoms with Crippen LogP contribution in [0.2, 0.25) is 0 Å². The van der Waals surface area contributed by atoms with Gasteiger partial charge in [-0.05, 0) is 43.7 Å². The minimum Gasteiger partial charge on any atom is -0.507 e. The maximum absolute atomic E-state index is 12.8.